The van der Waals surface area contributed by atoms with Crippen molar-refractivity contribution in [2.24, 2.45) is 17.6 Å². The molecule has 1 nitrogen and oxygen atoms in total. The van der Waals surface area contributed by atoms with Crippen molar-refractivity contribution in [3.8, 4) is 0 Å². The third-order valence-corrected chi connectivity index (χ3v) is 4.99. The van der Waals surface area contributed by atoms with E-state index in [9.17, 15) is 0 Å². The number of halogens is 1. The molecule has 1 fully saturated rings. The van der Waals surface area contributed by atoms with Crippen LogP contribution in [0.4, 0.5) is 0 Å². The smallest absolute Gasteiger partial charge is 0.0326 e. The average molecular weight is 310 g/mol. The van der Waals surface area contributed by atoms with Gasteiger partial charge in [0.05, 0.1) is 0 Å². The standard InChI is InChI=1S/C16H24BrN/c1-3-12-5-4-6-13(10-12)16(18)15-8-7-14(17)9-11(15)2/h7-9,12-13,16H,3-6,10,18H2,1-2H3. The molecule has 3 unspecified atom stereocenters. The van der Waals surface area contributed by atoms with Crippen LogP contribution in [0.2, 0.25) is 0 Å². The van der Waals surface area contributed by atoms with Crippen molar-refractivity contribution in [3.05, 3.63) is 33.8 Å². The van der Waals surface area contributed by atoms with Crippen LogP contribution in [0.5, 0.6) is 0 Å². The lowest BCUT2D eigenvalue weighted by atomic mass is 9.75. The van der Waals surface area contributed by atoms with Crippen LogP contribution in [-0.4, -0.2) is 0 Å². The van der Waals surface area contributed by atoms with E-state index < -0.39 is 0 Å². The van der Waals surface area contributed by atoms with Gasteiger partial charge in [0.15, 0.2) is 0 Å². The van der Waals surface area contributed by atoms with Crippen LogP contribution in [0, 0.1) is 18.8 Å². The number of aryl methyl sites for hydroxylation is 1. The first-order valence-electron chi connectivity index (χ1n) is 7.13. The Hall–Kier alpha value is -0.340. The Morgan fingerprint density at radius 1 is 1.39 bits per heavy atom. The van der Waals surface area contributed by atoms with Crippen LogP contribution in [0.15, 0.2) is 22.7 Å². The maximum Gasteiger partial charge on any atom is 0.0326 e. The molecule has 100 valence electrons. The highest BCUT2D eigenvalue weighted by Gasteiger charge is 2.27. The fraction of sp³-hybridized carbons (Fsp3) is 0.625. The SMILES string of the molecule is CCC1CCCC(C(N)c2ccc(Br)cc2C)C1. The Morgan fingerprint density at radius 3 is 2.83 bits per heavy atom. The zero-order valence-electron chi connectivity index (χ0n) is 11.5. The predicted molar refractivity (Wildman–Crippen MR) is 81.5 cm³/mol. The minimum absolute atomic E-state index is 0.215. The summed E-state index contributed by atoms with van der Waals surface area (Å²) in [7, 11) is 0. The Kier molecular flexibility index (Phi) is 4.85. The van der Waals surface area contributed by atoms with Gasteiger partial charge in [0.1, 0.15) is 0 Å². The molecule has 2 heteroatoms. The van der Waals surface area contributed by atoms with E-state index in [-0.39, 0.29) is 6.04 Å². The molecule has 0 bridgehead atoms. The maximum atomic E-state index is 6.52. The molecular weight excluding hydrogens is 286 g/mol. The topological polar surface area (TPSA) is 26.0 Å². The molecule has 0 aliphatic heterocycles. The lowest BCUT2D eigenvalue weighted by Crippen LogP contribution is -2.27. The molecular formula is C16H24BrN. The number of nitrogens with two attached hydrogens (primary N) is 1. The molecule has 3 atom stereocenters. The zero-order valence-corrected chi connectivity index (χ0v) is 13.0. The second-order valence-electron chi connectivity index (χ2n) is 5.73. The molecule has 1 saturated carbocycles. The highest BCUT2D eigenvalue weighted by molar-refractivity contribution is 9.10. The number of hydrogen-bond acceptors (Lipinski definition) is 1. The number of benzene rings is 1. The molecule has 2 N–H and O–H groups in total. The van der Waals surface area contributed by atoms with Crippen molar-refractivity contribution in [1.29, 1.82) is 0 Å². The van der Waals surface area contributed by atoms with E-state index in [4.69, 9.17) is 5.73 Å². The molecule has 0 amide bonds. The summed E-state index contributed by atoms with van der Waals surface area (Å²) in [6.07, 6.45) is 6.67. The highest BCUT2D eigenvalue weighted by atomic mass is 79.9. The van der Waals surface area contributed by atoms with Gasteiger partial charge < -0.3 is 5.73 Å². The van der Waals surface area contributed by atoms with Crippen LogP contribution < -0.4 is 5.73 Å². The summed E-state index contributed by atoms with van der Waals surface area (Å²) >= 11 is 3.52. The molecule has 18 heavy (non-hydrogen) atoms. The molecule has 1 aliphatic rings. The average Bonchev–Trinajstić information content (AvgIpc) is 2.38. The van der Waals surface area contributed by atoms with E-state index in [2.05, 4.69) is 48.0 Å². The Balaban J connectivity index is 2.12. The fourth-order valence-electron chi connectivity index (χ4n) is 3.30. The van der Waals surface area contributed by atoms with Crippen molar-refractivity contribution >= 4 is 15.9 Å². The predicted octanol–water partition coefficient (Wildman–Crippen LogP) is 4.97. The molecule has 0 radical (unpaired) electrons. The lowest BCUT2D eigenvalue weighted by Gasteiger charge is -2.33. The first kappa shape index (κ1) is 14.1. The second-order valence-corrected chi connectivity index (χ2v) is 6.64. The van der Waals surface area contributed by atoms with Crippen LogP contribution in [0.3, 0.4) is 0 Å². The van der Waals surface area contributed by atoms with Gasteiger partial charge in [-0.25, -0.2) is 0 Å². The van der Waals surface area contributed by atoms with Gasteiger partial charge in [-0.05, 0) is 54.9 Å². The third kappa shape index (κ3) is 3.16. The van der Waals surface area contributed by atoms with Gasteiger partial charge >= 0.3 is 0 Å². The second kappa shape index (κ2) is 6.21. The molecule has 1 aromatic carbocycles. The summed E-state index contributed by atoms with van der Waals surface area (Å²) in [4.78, 5) is 0. The summed E-state index contributed by atoms with van der Waals surface area (Å²) < 4.78 is 1.14. The summed E-state index contributed by atoms with van der Waals surface area (Å²) in [5.41, 5.74) is 9.17. The largest absolute Gasteiger partial charge is 0.324 e. The normalized spacial score (nSPS) is 26.0. The quantitative estimate of drug-likeness (QED) is 0.837. The van der Waals surface area contributed by atoms with E-state index >= 15 is 0 Å². The Labute approximate surface area is 119 Å². The van der Waals surface area contributed by atoms with Crippen molar-refractivity contribution in [2.75, 3.05) is 0 Å². The van der Waals surface area contributed by atoms with E-state index in [0.717, 1.165) is 10.4 Å². The first-order valence-corrected chi connectivity index (χ1v) is 7.92. The molecule has 0 saturated heterocycles. The van der Waals surface area contributed by atoms with Crippen LogP contribution in [0.25, 0.3) is 0 Å². The van der Waals surface area contributed by atoms with Crippen molar-refractivity contribution in [1.82, 2.24) is 0 Å². The first-order chi connectivity index (χ1) is 8.61. The van der Waals surface area contributed by atoms with Gasteiger partial charge in [0, 0.05) is 10.5 Å². The van der Waals surface area contributed by atoms with Crippen LogP contribution >= 0.6 is 15.9 Å². The van der Waals surface area contributed by atoms with Gasteiger partial charge in [0.2, 0.25) is 0 Å². The zero-order chi connectivity index (χ0) is 13.1. The minimum atomic E-state index is 0.215. The van der Waals surface area contributed by atoms with Crippen molar-refractivity contribution < 1.29 is 0 Å². The summed E-state index contributed by atoms with van der Waals surface area (Å²) in [6, 6.07) is 6.70. The summed E-state index contributed by atoms with van der Waals surface area (Å²) in [5, 5.41) is 0. The van der Waals surface area contributed by atoms with Crippen molar-refractivity contribution in [2.45, 2.75) is 52.0 Å². The van der Waals surface area contributed by atoms with Gasteiger partial charge in [0.25, 0.3) is 0 Å². The van der Waals surface area contributed by atoms with Gasteiger partial charge in [-0.3, -0.25) is 0 Å². The molecule has 0 heterocycles. The minimum Gasteiger partial charge on any atom is -0.324 e. The third-order valence-electron chi connectivity index (χ3n) is 4.50. The molecule has 1 aliphatic carbocycles. The monoisotopic (exact) mass is 309 g/mol. The maximum absolute atomic E-state index is 6.52. The molecule has 1 aromatic rings. The van der Waals surface area contributed by atoms with Gasteiger partial charge in [-0.15, -0.1) is 0 Å². The number of hydrogen-bond donors (Lipinski definition) is 1. The fourth-order valence-corrected chi connectivity index (χ4v) is 3.77. The highest BCUT2D eigenvalue weighted by Crippen LogP contribution is 2.38. The van der Waals surface area contributed by atoms with Crippen molar-refractivity contribution in [3.63, 3.8) is 0 Å². The van der Waals surface area contributed by atoms with Gasteiger partial charge in [-0.1, -0.05) is 48.2 Å². The van der Waals surface area contributed by atoms with Crippen LogP contribution in [0.1, 0.15) is 56.2 Å². The van der Waals surface area contributed by atoms with E-state index in [1.807, 2.05) is 0 Å². The summed E-state index contributed by atoms with van der Waals surface area (Å²) in [5.74, 6) is 1.56. The lowest BCUT2D eigenvalue weighted by molar-refractivity contribution is 0.230. The summed E-state index contributed by atoms with van der Waals surface area (Å²) in [6.45, 7) is 4.48. The molecule has 0 spiro atoms. The van der Waals surface area contributed by atoms with E-state index in [1.54, 1.807) is 0 Å². The number of rotatable bonds is 3. The van der Waals surface area contributed by atoms with E-state index in [1.165, 1.54) is 43.2 Å². The van der Waals surface area contributed by atoms with Crippen LogP contribution in [-0.2, 0) is 0 Å². The Bertz CT molecular complexity index is 402. The van der Waals surface area contributed by atoms with Gasteiger partial charge in [-0.2, -0.15) is 0 Å². The molecule has 2 rings (SSSR count). The van der Waals surface area contributed by atoms with E-state index in [0.29, 0.717) is 5.92 Å². The Morgan fingerprint density at radius 2 is 2.17 bits per heavy atom. The molecule has 0 aromatic heterocycles.